The fourth-order valence-corrected chi connectivity index (χ4v) is 3.70. The van der Waals surface area contributed by atoms with Crippen molar-refractivity contribution in [2.75, 3.05) is 12.4 Å². The molecule has 10 heteroatoms. The molecule has 7 nitrogen and oxygen atoms in total. The van der Waals surface area contributed by atoms with Gasteiger partial charge < -0.3 is 30.3 Å². The third-order valence-electron chi connectivity index (χ3n) is 4.35. The Hall–Kier alpha value is -1.62. The third kappa shape index (κ3) is 8.73. The van der Waals surface area contributed by atoms with Gasteiger partial charge in [-0.25, -0.2) is 4.39 Å². The van der Waals surface area contributed by atoms with Gasteiger partial charge in [0, 0.05) is 28.6 Å². The number of ketones is 1. The molecule has 1 unspecified atom stereocenters. The molecule has 0 aliphatic rings. The van der Waals surface area contributed by atoms with Crippen LogP contribution < -0.4 is 39.4 Å². The van der Waals surface area contributed by atoms with Crippen LogP contribution in [0.3, 0.4) is 0 Å². The second-order valence-electron chi connectivity index (χ2n) is 6.82. The number of phenolic OH excluding ortho intramolecular Hbond substituents is 1. The van der Waals surface area contributed by atoms with Crippen LogP contribution in [0, 0.1) is 5.82 Å². The van der Waals surface area contributed by atoms with E-state index in [0.717, 1.165) is 6.42 Å². The number of Topliss-reactive ketones (excluding diaryl/α,β-unsaturated/α-hetero) is 1. The second kappa shape index (κ2) is 14.5. The summed E-state index contributed by atoms with van der Waals surface area (Å²) in [7, 11) is 0. The topological polar surface area (TPSA) is 138 Å². The molecular formula is C22H26FNaO7S. The number of phenols is 1. The normalized spacial score (nSPS) is 11.1. The van der Waals surface area contributed by atoms with Crippen molar-refractivity contribution in [3.05, 3.63) is 52.8 Å². The Morgan fingerprint density at radius 2 is 1.94 bits per heavy atom. The van der Waals surface area contributed by atoms with Crippen LogP contribution in [0.5, 0.6) is 11.5 Å². The number of carbonyl (C=O) groups is 2. The monoisotopic (exact) mass is 476 g/mol. The number of aliphatic hydroxyl groups excluding tert-OH is 1. The van der Waals surface area contributed by atoms with Crippen LogP contribution in [0.15, 0.2) is 35.2 Å². The van der Waals surface area contributed by atoms with E-state index in [4.69, 9.17) is 4.74 Å². The molecule has 0 aliphatic carbocycles. The van der Waals surface area contributed by atoms with Gasteiger partial charge >= 0.3 is 29.6 Å². The quantitative estimate of drug-likeness (QED) is 0.233. The van der Waals surface area contributed by atoms with Gasteiger partial charge in [-0.1, -0.05) is 19.4 Å². The average Bonchev–Trinajstić information content (AvgIpc) is 2.68. The zero-order valence-electron chi connectivity index (χ0n) is 18.3. The van der Waals surface area contributed by atoms with E-state index in [1.54, 1.807) is 12.1 Å². The van der Waals surface area contributed by atoms with E-state index < -0.39 is 24.3 Å². The van der Waals surface area contributed by atoms with Gasteiger partial charge in [-0.2, -0.15) is 0 Å². The number of ether oxygens (including phenoxy) is 1. The molecule has 0 aromatic heterocycles. The summed E-state index contributed by atoms with van der Waals surface area (Å²) in [5.41, 5.74) is 0.794. The summed E-state index contributed by atoms with van der Waals surface area (Å²) in [6.07, 6.45) is -0.110. The summed E-state index contributed by atoms with van der Waals surface area (Å²) >= 11 is 1.20. The van der Waals surface area contributed by atoms with Gasteiger partial charge in [0.15, 0.2) is 5.78 Å². The molecule has 0 fully saturated rings. The van der Waals surface area contributed by atoms with Gasteiger partial charge in [-0.05, 0) is 43.2 Å². The number of carboxylic acids is 1. The van der Waals surface area contributed by atoms with E-state index in [1.807, 2.05) is 6.92 Å². The SMILES string of the molecule is CCCc1c(OCC(O)CSc2ccc(CC(=O)[O-])c(F)c2)ccc(C(C)=O)c1O.O.[Na+]. The molecule has 32 heavy (non-hydrogen) atoms. The molecule has 0 saturated heterocycles. The van der Waals surface area contributed by atoms with Crippen molar-refractivity contribution in [1.29, 1.82) is 0 Å². The molecule has 0 heterocycles. The Morgan fingerprint density at radius 3 is 2.50 bits per heavy atom. The molecule has 0 radical (unpaired) electrons. The van der Waals surface area contributed by atoms with Crippen LogP contribution in [0.2, 0.25) is 0 Å². The molecular weight excluding hydrogens is 450 g/mol. The van der Waals surface area contributed by atoms with Crippen LogP contribution in [0.25, 0.3) is 0 Å². The van der Waals surface area contributed by atoms with E-state index in [2.05, 4.69) is 0 Å². The van der Waals surface area contributed by atoms with E-state index in [0.29, 0.717) is 22.6 Å². The van der Waals surface area contributed by atoms with Crippen molar-refractivity contribution in [3.63, 3.8) is 0 Å². The van der Waals surface area contributed by atoms with Gasteiger partial charge in [0.2, 0.25) is 0 Å². The molecule has 0 aliphatic heterocycles. The van der Waals surface area contributed by atoms with Gasteiger partial charge in [-0.15, -0.1) is 11.8 Å². The Labute approximate surface area is 212 Å². The Bertz CT molecular complexity index is 923. The van der Waals surface area contributed by atoms with Gasteiger partial charge in [0.05, 0.1) is 11.7 Å². The Kier molecular flexibility index (Phi) is 13.8. The first-order valence-electron chi connectivity index (χ1n) is 9.50. The minimum absolute atomic E-state index is 0. The summed E-state index contributed by atoms with van der Waals surface area (Å²) in [6, 6.07) is 7.27. The van der Waals surface area contributed by atoms with Crippen LogP contribution >= 0.6 is 11.8 Å². The molecule has 0 spiro atoms. The van der Waals surface area contributed by atoms with Crippen LogP contribution in [-0.2, 0) is 17.6 Å². The van der Waals surface area contributed by atoms with Crippen molar-refractivity contribution in [2.45, 2.75) is 44.1 Å². The fourth-order valence-electron chi connectivity index (χ4n) is 2.87. The number of aliphatic carboxylic acids is 1. The van der Waals surface area contributed by atoms with E-state index in [-0.39, 0.29) is 70.1 Å². The molecule has 2 aromatic carbocycles. The number of hydrogen-bond donors (Lipinski definition) is 2. The van der Waals surface area contributed by atoms with E-state index >= 15 is 0 Å². The average molecular weight is 476 g/mol. The number of rotatable bonds is 11. The summed E-state index contributed by atoms with van der Waals surface area (Å²) in [6.45, 7) is 3.26. The number of carbonyl (C=O) groups excluding carboxylic acids is 2. The molecule has 2 aromatic rings. The number of hydrogen-bond acceptors (Lipinski definition) is 7. The van der Waals surface area contributed by atoms with Gasteiger partial charge in [0.25, 0.3) is 0 Å². The molecule has 4 N–H and O–H groups in total. The van der Waals surface area contributed by atoms with Crippen molar-refractivity contribution < 1.29 is 69.1 Å². The number of thioether (sulfide) groups is 1. The molecule has 2 rings (SSSR count). The third-order valence-corrected chi connectivity index (χ3v) is 5.49. The fraction of sp³-hybridized carbons (Fsp3) is 0.364. The Balaban J connectivity index is 0.00000480. The van der Waals surface area contributed by atoms with Crippen LogP contribution in [-0.4, -0.2) is 45.9 Å². The van der Waals surface area contributed by atoms with Crippen molar-refractivity contribution in [2.24, 2.45) is 0 Å². The largest absolute Gasteiger partial charge is 1.00 e. The number of aromatic hydroxyl groups is 1. The zero-order valence-corrected chi connectivity index (χ0v) is 21.1. The maximum atomic E-state index is 13.9. The standard InChI is InChI=1S/C22H25FO6S.Na.H2O/c1-3-4-18-20(8-7-17(13(2)24)22(18)28)29-11-15(25)12-30-16-6-5-14(9-21(26)27)19(23)10-16;;/h5-8,10,15,25,28H,3-4,9,11-12H2,1-2H3,(H,26,27);;1H2/q;+1;/p-1. The molecule has 0 bridgehead atoms. The number of aliphatic hydroxyl groups is 1. The summed E-state index contributed by atoms with van der Waals surface area (Å²) < 4.78 is 19.6. The van der Waals surface area contributed by atoms with Crippen molar-refractivity contribution >= 4 is 23.5 Å². The van der Waals surface area contributed by atoms with Crippen LogP contribution in [0.1, 0.15) is 41.8 Å². The molecule has 170 valence electrons. The van der Waals surface area contributed by atoms with Crippen LogP contribution in [0.4, 0.5) is 4.39 Å². The molecule has 0 amide bonds. The number of benzene rings is 2. The predicted octanol–water partition coefficient (Wildman–Crippen LogP) is -1.31. The predicted molar refractivity (Wildman–Crippen MR) is 113 cm³/mol. The zero-order chi connectivity index (χ0) is 22.3. The summed E-state index contributed by atoms with van der Waals surface area (Å²) in [5.74, 6) is -1.71. The first-order valence-corrected chi connectivity index (χ1v) is 10.5. The maximum Gasteiger partial charge on any atom is 1.00 e. The van der Waals surface area contributed by atoms with Gasteiger partial charge in [-0.3, -0.25) is 4.79 Å². The van der Waals surface area contributed by atoms with Gasteiger partial charge in [0.1, 0.15) is 23.9 Å². The second-order valence-corrected chi connectivity index (χ2v) is 7.92. The van der Waals surface area contributed by atoms with Crippen molar-refractivity contribution in [1.82, 2.24) is 0 Å². The number of carboxylic acid groups (broad SMARTS) is 1. The maximum absolute atomic E-state index is 13.9. The summed E-state index contributed by atoms with van der Waals surface area (Å²) in [4.78, 5) is 22.7. The first kappa shape index (κ1) is 30.4. The minimum Gasteiger partial charge on any atom is -0.550 e. The van der Waals surface area contributed by atoms with E-state index in [1.165, 1.54) is 36.9 Å². The smallest absolute Gasteiger partial charge is 0.550 e. The summed E-state index contributed by atoms with van der Waals surface area (Å²) in [5, 5.41) is 31.1. The van der Waals surface area contributed by atoms with E-state index in [9.17, 15) is 29.3 Å². The minimum atomic E-state index is -1.35. The first-order chi connectivity index (χ1) is 14.2. The number of halogens is 1. The Morgan fingerprint density at radius 1 is 1.25 bits per heavy atom. The van der Waals surface area contributed by atoms with Crippen molar-refractivity contribution in [3.8, 4) is 11.5 Å². The molecule has 0 saturated carbocycles. The molecule has 1 atom stereocenters.